The van der Waals surface area contributed by atoms with E-state index in [0.29, 0.717) is 24.7 Å². The number of rotatable bonds is 5. The van der Waals surface area contributed by atoms with Crippen molar-refractivity contribution in [3.63, 3.8) is 0 Å². The fraction of sp³-hybridized carbons (Fsp3) is 0.500. The first kappa shape index (κ1) is 20.5. The molecule has 1 amide bonds. The second-order valence-electron chi connectivity index (χ2n) is 7.10. The Morgan fingerprint density at radius 2 is 2.04 bits per heavy atom. The fourth-order valence-electron chi connectivity index (χ4n) is 3.41. The fourth-order valence-corrected chi connectivity index (χ4v) is 3.41. The Morgan fingerprint density at radius 1 is 1.31 bits per heavy atom. The zero-order chi connectivity index (χ0) is 17.8. The summed E-state index contributed by atoms with van der Waals surface area (Å²) in [6, 6.07) is 12.5. The van der Waals surface area contributed by atoms with Crippen LogP contribution in [0.1, 0.15) is 48.6 Å². The molecule has 2 heterocycles. The molecule has 6 heteroatoms. The molecule has 1 aromatic carbocycles. The summed E-state index contributed by atoms with van der Waals surface area (Å²) in [5.41, 5.74) is 2.95. The van der Waals surface area contributed by atoms with Gasteiger partial charge in [-0.1, -0.05) is 44.2 Å². The van der Waals surface area contributed by atoms with E-state index in [9.17, 15) is 4.79 Å². The minimum Gasteiger partial charge on any atom is -0.334 e. The van der Waals surface area contributed by atoms with Crippen molar-refractivity contribution in [1.29, 1.82) is 0 Å². The van der Waals surface area contributed by atoms with Gasteiger partial charge in [0.05, 0.1) is 5.69 Å². The van der Waals surface area contributed by atoms with Crippen LogP contribution in [0.2, 0.25) is 0 Å². The molecule has 0 aliphatic carbocycles. The Labute approximate surface area is 162 Å². The smallest absolute Gasteiger partial charge is 0.272 e. The highest BCUT2D eigenvalue weighted by molar-refractivity contribution is 5.92. The Kier molecular flexibility index (Phi) is 7.23. The zero-order valence-corrected chi connectivity index (χ0v) is 16.6. The number of carbonyl (C=O) groups excluding carboxylic acids is 1. The maximum absolute atomic E-state index is 13.1. The summed E-state index contributed by atoms with van der Waals surface area (Å²) in [6.07, 6.45) is 0.904. The topological polar surface area (TPSA) is 50.2 Å². The first-order valence-corrected chi connectivity index (χ1v) is 9.22. The zero-order valence-electron chi connectivity index (χ0n) is 15.8. The number of piperazine rings is 1. The first-order valence-electron chi connectivity index (χ1n) is 9.22. The molecule has 0 radical (unpaired) electrons. The maximum atomic E-state index is 13.1. The SMILES string of the molecule is CCn1nc(CC(C)C)cc1C(=O)N1CCNC(c2ccccc2)C1.Cl. The molecule has 1 unspecified atom stereocenters. The van der Waals surface area contributed by atoms with Crippen molar-refractivity contribution in [3.05, 3.63) is 53.3 Å². The van der Waals surface area contributed by atoms with E-state index in [1.54, 1.807) is 0 Å². The van der Waals surface area contributed by atoms with Gasteiger partial charge in [0, 0.05) is 32.2 Å². The summed E-state index contributed by atoms with van der Waals surface area (Å²) >= 11 is 0. The van der Waals surface area contributed by atoms with E-state index >= 15 is 0 Å². The molecule has 1 atom stereocenters. The van der Waals surface area contributed by atoms with Gasteiger partial charge in [-0.15, -0.1) is 12.4 Å². The van der Waals surface area contributed by atoms with Gasteiger partial charge in [0.1, 0.15) is 5.69 Å². The van der Waals surface area contributed by atoms with Crippen LogP contribution in [0.4, 0.5) is 0 Å². The molecule has 1 N–H and O–H groups in total. The first-order chi connectivity index (χ1) is 12.1. The molecule has 0 spiro atoms. The number of hydrogen-bond acceptors (Lipinski definition) is 3. The Bertz CT molecular complexity index is 714. The molecular weight excluding hydrogens is 348 g/mol. The predicted octanol–water partition coefficient (Wildman–Crippen LogP) is 3.31. The van der Waals surface area contributed by atoms with Crippen LogP contribution in [0.5, 0.6) is 0 Å². The van der Waals surface area contributed by atoms with E-state index in [4.69, 9.17) is 0 Å². The molecule has 0 bridgehead atoms. The summed E-state index contributed by atoms with van der Waals surface area (Å²) in [5.74, 6) is 0.622. The van der Waals surface area contributed by atoms with Crippen LogP contribution in [-0.2, 0) is 13.0 Å². The number of hydrogen-bond donors (Lipinski definition) is 1. The molecule has 26 heavy (non-hydrogen) atoms. The summed E-state index contributed by atoms with van der Waals surface area (Å²) in [7, 11) is 0. The summed E-state index contributed by atoms with van der Waals surface area (Å²) in [6.45, 7) is 9.33. The standard InChI is InChI=1S/C20H28N4O.ClH/c1-4-24-19(13-17(22-24)12-15(2)3)20(25)23-11-10-21-18(14-23)16-8-6-5-7-9-16;/h5-9,13,15,18,21H,4,10-12,14H2,1-3H3;1H. The van der Waals surface area contributed by atoms with E-state index in [2.05, 4.69) is 36.4 Å². The van der Waals surface area contributed by atoms with Crippen LogP contribution in [-0.4, -0.2) is 40.2 Å². The third kappa shape index (κ3) is 4.65. The Balaban J connectivity index is 0.00000243. The average Bonchev–Trinajstić information content (AvgIpc) is 3.04. The number of nitrogens with zero attached hydrogens (tertiary/aromatic N) is 3. The normalized spacial score (nSPS) is 17.2. The maximum Gasteiger partial charge on any atom is 0.272 e. The minimum absolute atomic E-state index is 0. The monoisotopic (exact) mass is 376 g/mol. The van der Waals surface area contributed by atoms with Crippen molar-refractivity contribution >= 4 is 18.3 Å². The van der Waals surface area contributed by atoms with Gasteiger partial charge in [0.15, 0.2) is 0 Å². The molecule has 2 aromatic rings. The van der Waals surface area contributed by atoms with Gasteiger partial charge in [0.25, 0.3) is 5.91 Å². The third-order valence-electron chi connectivity index (χ3n) is 4.63. The Morgan fingerprint density at radius 3 is 2.69 bits per heavy atom. The van der Waals surface area contributed by atoms with Crippen molar-refractivity contribution in [2.75, 3.05) is 19.6 Å². The molecule has 1 aliphatic rings. The highest BCUT2D eigenvalue weighted by Crippen LogP contribution is 2.19. The number of amides is 1. The molecule has 1 fully saturated rings. The number of aromatic nitrogens is 2. The van der Waals surface area contributed by atoms with Crippen molar-refractivity contribution in [2.45, 2.75) is 39.8 Å². The number of carbonyl (C=O) groups is 1. The van der Waals surface area contributed by atoms with Gasteiger partial charge in [-0.25, -0.2) is 0 Å². The van der Waals surface area contributed by atoms with Crippen molar-refractivity contribution in [1.82, 2.24) is 20.0 Å². The van der Waals surface area contributed by atoms with E-state index in [0.717, 1.165) is 25.2 Å². The van der Waals surface area contributed by atoms with Crippen LogP contribution in [0.3, 0.4) is 0 Å². The highest BCUT2D eigenvalue weighted by Gasteiger charge is 2.27. The molecule has 142 valence electrons. The number of halogens is 1. The third-order valence-corrected chi connectivity index (χ3v) is 4.63. The van der Waals surface area contributed by atoms with E-state index in [1.165, 1.54) is 5.56 Å². The predicted molar refractivity (Wildman–Crippen MR) is 107 cm³/mol. The summed E-state index contributed by atoms with van der Waals surface area (Å²) in [5, 5.41) is 8.13. The van der Waals surface area contributed by atoms with Gasteiger partial charge >= 0.3 is 0 Å². The van der Waals surface area contributed by atoms with Crippen molar-refractivity contribution < 1.29 is 4.79 Å². The lowest BCUT2D eigenvalue weighted by Crippen LogP contribution is -2.48. The van der Waals surface area contributed by atoms with Crippen molar-refractivity contribution in [3.8, 4) is 0 Å². The molecule has 1 saturated heterocycles. The molecule has 0 saturated carbocycles. The Hall–Kier alpha value is -1.85. The van der Waals surface area contributed by atoms with Crippen LogP contribution in [0.25, 0.3) is 0 Å². The lowest BCUT2D eigenvalue weighted by molar-refractivity contribution is 0.0690. The molecule has 5 nitrogen and oxygen atoms in total. The lowest BCUT2D eigenvalue weighted by Gasteiger charge is -2.34. The molecule has 1 aliphatic heterocycles. The van der Waals surface area contributed by atoms with Crippen molar-refractivity contribution in [2.24, 2.45) is 5.92 Å². The summed E-state index contributed by atoms with van der Waals surface area (Å²) < 4.78 is 1.85. The van der Waals surface area contributed by atoms with Crippen LogP contribution in [0, 0.1) is 5.92 Å². The van der Waals surface area contributed by atoms with E-state index in [1.807, 2.05) is 40.8 Å². The van der Waals surface area contributed by atoms with Gasteiger partial charge in [-0.05, 0) is 30.9 Å². The number of benzene rings is 1. The number of nitrogens with one attached hydrogen (secondary N) is 1. The van der Waals surface area contributed by atoms with Gasteiger partial charge < -0.3 is 10.2 Å². The van der Waals surface area contributed by atoms with Crippen LogP contribution < -0.4 is 5.32 Å². The van der Waals surface area contributed by atoms with Crippen LogP contribution >= 0.6 is 12.4 Å². The largest absolute Gasteiger partial charge is 0.334 e. The second kappa shape index (κ2) is 9.19. The molecular formula is C20H29ClN4O. The minimum atomic E-state index is 0. The lowest BCUT2D eigenvalue weighted by atomic mass is 10.0. The van der Waals surface area contributed by atoms with Crippen LogP contribution in [0.15, 0.2) is 36.4 Å². The quantitative estimate of drug-likeness (QED) is 0.870. The molecule has 3 rings (SSSR count). The second-order valence-corrected chi connectivity index (χ2v) is 7.10. The summed E-state index contributed by atoms with van der Waals surface area (Å²) in [4.78, 5) is 15.0. The van der Waals surface area contributed by atoms with Gasteiger partial charge in [0.2, 0.25) is 0 Å². The van der Waals surface area contributed by atoms with E-state index in [-0.39, 0.29) is 24.4 Å². The number of aryl methyl sites for hydroxylation is 1. The van der Waals surface area contributed by atoms with Gasteiger partial charge in [-0.3, -0.25) is 9.48 Å². The highest BCUT2D eigenvalue weighted by atomic mass is 35.5. The molecule has 1 aromatic heterocycles. The average molecular weight is 377 g/mol. The van der Waals surface area contributed by atoms with Gasteiger partial charge in [-0.2, -0.15) is 5.10 Å². The van der Waals surface area contributed by atoms with E-state index < -0.39 is 0 Å².